The van der Waals surface area contributed by atoms with Crippen molar-refractivity contribution in [3.63, 3.8) is 0 Å². The fourth-order valence-corrected chi connectivity index (χ4v) is 1.98. The lowest BCUT2D eigenvalue weighted by molar-refractivity contribution is -0.393. The van der Waals surface area contributed by atoms with Gasteiger partial charge in [-0.25, -0.2) is 0 Å². The number of nitrogens with one attached hydrogen (secondary N) is 1. The minimum absolute atomic E-state index is 0.0785. The number of non-ortho nitro benzene ring substituents is 1. The zero-order valence-electron chi connectivity index (χ0n) is 10.2. The molecule has 2 aromatic rings. The van der Waals surface area contributed by atoms with Gasteiger partial charge in [-0.05, 0) is 18.2 Å². The van der Waals surface area contributed by atoms with E-state index in [1.54, 1.807) is 18.2 Å². The van der Waals surface area contributed by atoms with Crippen molar-refractivity contribution in [2.24, 2.45) is 0 Å². The number of benzene rings is 2. The summed E-state index contributed by atoms with van der Waals surface area (Å²) in [6.07, 6.45) is 0. The number of anilines is 2. The Labute approximate surface area is 128 Å². The molecule has 0 saturated heterocycles. The van der Waals surface area contributed by atoms with Gasteiger partial charge in [-0.15, -0.1) is 0 Å². The van der Waals surface area contributed by atoms with Crippen LogP contribution in [0.3, 0.4) is 0 Å². The molecule has 0 bridgehead atoms. The first-order chi connectivity index (χ1) is 9.90. The van der Waals surface area contributed by atoms with Gasteiger partial charge < -0.3 is 5.32 Å². The van der Waals surface area contributed by atoms with E-state index in [4.69, 9.17) is 23.2 Å². The normalized spacial score (nSPS) is 10.2. The van der Waals surface area contributed by atoms with Crippen LogP contribution in [0.5, 0.6) is 0 Å². The van der Waals surface area contributed by atoms with Crippen LogP contribution in [-0.4, -0.2) is 9.85 Å². The Balaban J connectivity index is 2.46. The van der Waals surface area contributed by atoms with Crippen LogP contribution in [0.1, 0.15) is 0 Å². The number of nitrogens with zero attached hydrogens (tertiary/aromatic N) is 2. The molecule has 1 N–H and O–H groups in total. The van der Waals surface area contributed by atoms with Gasteiger partial charge in [-0.3, -0.25) is 20.2 Å². The Kier molecular flexibility index (Phi) is 4.25. The lowest BCUT2D eigenvalue weighted by atomic mass is 10.2. The van der Waals surface area contributed by atoms with E-state index < -0.39 is 15.5 Å². The molecule has 0 aromatic heterocycles. The molecule has 0 aliphatic carbocycles. The molecule has 0 aliphatic rings. The maximum absolute atomic E-state index is 11.0. The molecule has 2 aromatic carbocycles. The highest BCUT2D eigenvalue weighted by Crippen LogP contribution is 2.36. The molecule has 7 nitrogen and oxygen atoms in total. The summed E-state index contributed by atoms with van der Waals surface area (Å²) >= 11 is 11.8. The highest BCUT2D eigenvalue weighted by molar-refractivity contribution is 6.43. The largest absolute Gasteiger partial charge is 0.349 e. The number of hydrogen-bond donors (Lipinski definition) is 1. The first-order valence-corrected chi connectivity index (χ1v) is 6.29. The van der Waals surface area contributed by atoms with Gasteiger partial charge in [0.2, 0.25) is 0 Å². The van der Waals surface area contributed by atoms with Gasteiger partial charge in [-0.2, -0.15) is 0 Å². The van der Waals surface area contributed by atoms with E-state index in [0.717, 1.165) is 12.1 Å². The number of rotatable bonds is 4. The van der Waals surface area contributed by atoms with E-state index >= 15 is 0 Å². The van der Waals surface area contributed by atoms with E-state index in [9.17, 15) is 20.2 Å². The summed E-state index contributed by atoms with van der Waals surface area (Å²) in [6, 6.07) is 8.05. The van der Waals surface area contributed by atoms with E-state index in [-0.39, 0.29) is 21.4 Å². The van der Waals surface area contributed by atoms with Gasteiger partial charge in [0, 0.05) is 6.07 Å². The van der Waals surface area contributed by atoms with E-state index in [0.29, 0.717) is 5.69 Å². The molecule has 0 spiro atoms. The number of nitro groups is 2. The number of halogens is 2. The van der Waals surface area contributed by atoms with Crippen LogP contribution in [0, 0.1) is 20.2 Å². The summed E-state index contributed by atoms with van der Waals surface area (Å²) in [7, 11) is 0. The summed E-state index contributed by atoms with van der Waals surface area (Å²) < 4.78 is 0. The van der Waals surface area contributed by atoms with Gasteiger partial charge in [0.15, 0.2) is 0 Å². The second-order valence-electron chi connectivity index (χ2n) is 3.94. The Morgan fingerprint density at radius 2 is 1.67 bits per heavy atom. The van der Waals surface area contributed by atoms with Gasteiger partial charge in [0.05, 0.1) is 31.6 Å². The lowest BCUT2D eigenvalue weighted by Crippen LogP contribution is -1.99. The van der Waals surface area contributed by atoms with Gasteiger partial charge >= 0.3 is 0 Å². The van der Waals surface area contributed by atoms with Crippen LogP contribution in [0.25, 0.3) is 0 Å². The Bertz CT molecular complexity index is 736. The third-order valence-corrected chi connectivity index (χ3v) is 3.43. The Morgan fingerprint density at radius 1 is 0.952 bits per heavy atom. The van der Waals surface area contributed by atoms with Crippen LogP contribution < -0.4 is 5.32 Å². The maximum Gasteiger partial charge on any atom is 0.299 e. The summed E-state index contributed by atoms with van der Waals surface area (Å²) in [5.41, 5.74) is -0.361. The summed E-state index contributed by atoms with van der Waals surface area (Å²) in [6.45, 7) is 0. The summed E-state index contributed by atoms with van der Waals surface area (Å²) in [5.74, 6) is 0. The number of nitro benzene ring substituents is 2. The lowest BCUT2D eigenvalue weighted by Gasteiger charge is -2.09. The van der Waals surface area contributed by atoms with Crippen molar-refractivity contribution >= 4 is 46.0 Å². The zero-order valence-corrected chi connectivity index (χ0v) is 11.8. The maximum atomic E-state index is 11.0. The SMILES string of the molecule is O=[N+]([O-])c1ccc(Nc2cccc(Cl)c2Cl)c([N+](=O)[O-])c1. The summed E-state index contributed by atoms with van der Waals surface area (Å²) in [4.78, 5) is 20.3. The van der Waals surface area contributed by atoms with Crippen molar-refractivity contribution in [3.05, 3.63) is 66.7 Å². The zero-order chi connectivity index (χ0) is 15.6. The Hall–Kier alpha value is -2.38. The van der Waals surface area contributed by atoms with Crippen LogP contribution in [0.15, 0.2) is 36.4 Å². The quantitative estimate of drug-likeness (QED) is 0.655. The van der Waals surface area contributed by atoms with Gasteiger partial charge in [0.25, 0.3) is 11.4 Å². The molecule has 108 valence electrons. The van der Waals surface area contributed by atoms with Crippen molar-refractivity contribution in [3.8, 4) is 0 Å². The van der Waals surface area contributed by atoms with Crippen molar-refractivity contribution in [1.29, 1.82) is 0 Å². The molecule has 0 atom stereocenters. The average molecular weight is 328 g/mol. The second-order valence-corrected chi connectivity index (χ2v) is 4.73. The molecule has 2 rings (SSSR count). The fraction of sp³-hybridized carbons (Fsp3) is 0. The molecular weight excluding hydrogens is 321 g/mol. The predicted octanol–water partition coefficient (Wildman–Crippen LogP) is 4.55. The topological polar surface area (TPSA) is 98.3 Å². The molecule has 0 radical (unpaired) electrons. The molecule has 0 fully saturated rings. The fourth-order valence-electron chi connectivity index (χ4n) is 1.64. The van der Waals surface area contributed by atoms with E-state index in [2.05, 4.69) is 5.32 Å². The standard InChI is InChI=1S/C12H7Cl2N3O4/c13-8-2-1-3-10(12(8)14)15-9-5-4-7(16(18)19)6-11(9)17(20)21/h1-6,15H. The number of hydrogen-bond acceptors (Lipinski definition) is 5. The molecule has 0 saturated carbocycles. The molecular formula is C12H7Cl2N3O4. The molecule has 9 heteroatoms. The molecule has 0 aliphatic heterocycles. The Morgan fingerprint density at radius 3 is 2.29 bits per heavy atom. The van der Waals surface area contributed by atoms with Crippen LogP contribution >= 0.6 is 23.2 Å². The molecule has 21 heavy (non-hydrogen) atoms. The third kappa shape index (κ3) is 3.21. The van der Waals surface area contributed by atoms with E-state index in [1.165, 1.54) is 6.07 Å². The summed E-state index contributed by atoms with van der Waals surface area (Å²) in [5, 5.41) is 24.9. The second kappa shape index (κ2) is 5.94. The monoisotopic (exact) mass is 327 g/mol. The smallest absolute Gasteiger partial charge is 0.299 e. The van der Waals surface area contributed by atoms with Gasteiger partial charge in [0.1, 0.15) is 5.69 Å². The van der Waals surface area contributed by atoms with Crippen molar-refractivity contribution in [1.82, 2.24) is 0 Å². The molecule has 0 unspecified atom stereocenters. The van der Waals surface area contributed by atoms with Gasteiger partial charge in [-0.1, -0.05) is 29.3 Å². The first kappa shape index (κ1) is 15.0. The molecule has 0 heterocycles. The molecule has 0 amide bonds. The van der Waals surface area contributed by atoms with Crippen molar-refractivity contribution in [2.75, 3.05) is 5.32 Å². The van der Waals surface area contributed by atoms with Crippen LogP contribution in [-0.2, 0) is 0 Å². The first-order valence-electron chi connectivity index (χ1n) is 5.54. The minimum Gasteiger partial charge on any atom is -0.349 e. The van der Waals surface area contributed by atoms with Crippen LogP contribution in [0.2, 0.25) is 10.0 Å². The highest BCUT2D eigenvalue weighted by Gasteiger charge is 2.20. The average Bonchev–Trinajstić information content (AvgIpc) is 2.43. The van der Waals surface area contributed by atoms with E-state index in [1.807, 2.05) is 0 Å². The van der Waals surface area contributed by atoms with Crippen molar-refractivity contribution in [2.45, 2.75) is 0 Å². The third-order valence-electron chi connectivity index (χ3n) is 2.61. The van der Waals surface area contributed by atoms with Crippen LogP contribution in [0.4, 0.5) is 22.7 Å². The minimum atomic E-state index is -0.714. The predicted molar refractivity (Wildman–Crippen MR) is 79.5 cm³/mol. The van der Waals surface area contributed by atoms with Crippen molar-refractivity contribution < 1.29 is 9.85 Å². The highest BCUT2D eigenvalue weighted by atomic mass is 35.5.